The lowest BCUT2D eigenvalue weighted by Crippen LogP contribution is -2.21. The summed E-state index contributed by atoms with van der Waals surface area (Å²) in [7, 11) is 0. The highest BCUT2D eigenvalue weighted by Gasteiger charge is 2.07. The first kappa shape index (κ1) is 15.1. The molecular weight excluding hydrogens is 295 g/mol. The van der Waals surface area contributed by atoms with Gasteiger partial charge in [-0.05, 0) is 36.6 Å². The van der Waals surface area contributed by atoms with Gasteiger partial charge in [-0.3, -0.25) is 4.98 Å². The van der Waals surface area contributed by atoms with Crippen LogP contribution < -0.4 is 10.5 Å². The van der Waals surface area contributed by atoms with E-state index < -0.39 is 0 Å². The number of nitrogens with two attached hydrogens (primary N) is 1. The molecule has 2 aromatic rings. The maximum Gasteiger partial charge on any atom is 0.147 e. The fourth-order valence-corrected chi connectivity index (χ4v) is 2.08. The molecule has 20 heavy (non-hydrogen) atoms. The molecule has 0 aliphatic heterocycles. The second kappa shape index (κ2) is 6.93. The monoisotopic (exact) mass is 310 g/mol. The SMILES string of the molecule is CCC(N)Cc1cncc(Oc2cc(Cl)ccc2Cl)c1. The van der Waals surface area contributed by atoms with Crippen molar-refractivity contribution in [3.63, 3.8) is 0 Å². The van der Waals surface area contributed by atoms with E-state index in [0.717, 1.165) is 18.4 Å². The second-order valence-corrected chi connectivity index (χ2v) is 5.42. The zero-order valence-corrected chi connectivity index (χ0v) is 12.7. The molecule has 0 fully saturated rings. The molecule has 3 nitrogen and oxygen atoms in total. The average Bonchev–Trinajstić information content (AvgIpc) is 2.43. The Hall–Kier alpha value is -1.29. The van der Waals surface area contributed by atoms with E-state index in [1.165, 1.54) is 0 Å². The number of benzene rings is 1. The first-order chi connectivity index (χ1) is 9.58. The molecule has 1 aromatic heterocycles. The number of hydrogen-bond donors (Lipinski definition) is 1. The molecule has 0 amide bonds. The summed E-state index contributed by atoms with van der Waals surface area (Å²) in [6.07, 6.45) is 5.12. The zero-order valence-electron chi connectivity index (χ0n) is 11.1. The fourth-order valence-electron chi connectivity index (χ4n) is 1.76. The van der Waals surface area contributed by atoms with Crippen LogP contribution in [0.2, 0.25) is 10.0 Å². The van der Waals surface area contributed by atoms with Crippen molar-refractivity contribution >= 4 is 23.2 Å². The first-order valence-corrected chi connectivity index (χ1v) is 7.16. The highest BCUT2D eigenvalue weighted by Crippen LogP contribution is 2.31. The summed E-state index contributed by atoms with van der Waals surface area (Å²) in [4.78, 5) is 4.16. The predicted molar refractivity (Wildman–Crippen MR) is 82.7 cm³/mol. The Kier molecular flexibility index (Phi) is 5.24. The van der Waals surface area contributed by atoms with Crippen LogP contribution in [-0.2, 0) is 6.42 Å². The molecule has 106 valence electrons. The van der Waals surface area contributed by atoms with Gasteiger partial charge < -0.3 is 10.5 Å². The van der Waals surface area contributed by atoms with Gasteiger partial charge in [0.15, 0.2) is 0 Å². The number of aromatic nitrogens is 1. The second-order valence-electron chi connectivity index (χ2n) is 4.58. The van der Waals surface area contributed by atoms with E-state index in [2.05, 4.69) is 11.9 Å². The van der Waals surface area contributed by atoms with Crippen LogP contribution in [0.15, 0.2) is 36.7 Å². The molecule has 0 radical (unpaired) electrons. The summed E-state index contributed by atoms with van der Waals surface area (Å²) >= 11 is 12.0. The summed E-state index contributed by atoms with van der Waals surface area (Å²) in [5, 5.41) is 1.08. The predicted octanol–water partition coefficient (Wildman–Crippen LogP) is 4.46. The van der Waals surface area contributed by atoms with Crippen molar-refractivity contribution in [3.05, 3.63) is 52.3 Å². The zero-order chi connectivity index (χ0) is 14.5. The van der Waals surface area contributed by atoms with Crippen LogP contribution in [0.5, 0.6) is 11.5 Å². The van der Waals surface area contributed by atoms with Gasteiger partial charge in [0, 0.05) is 23.3 Å². The topological polar surface area (TPSA) is 48.1 Å². The lowest BCUT2D eigenvalue weighted by molar-refractivity contribution is 0.479. The third-order valence-corrected chi connectivity index (χ3v) is 3.46. The van der Waals surface area contributed by atoms with Gasteiger partial charge in [0.05, 0.1) is 11.2 Å². The molecule has 2 N–H and O–H groups in total. The van der Waals surface area contributed by atoms with E-state index in [1.807, 2.05) is 6.07 Å². The number of hydrogen-bond acceptors (Lipinski definition) is 3. The van der Waals surface area contributed by atoms with Crippen molar-refractivity contribution < 1.29 is 4.74 Å². The van der Waals surface area contributed by atoms with Gasteiger partial charge in [-0.15, -0.1) is 0 Å². The minimum Gasteiger partial charge on any atom is -0.454 e. The Morgan fingerprint density at radius 1 is 1.25 bits per heavy atom. The average molecular weight is 311 g/mol. The Bertz CT molecular complexity index is 590. The van der Waals surface area contributed by atoms with Crippen LogP contribution in [0.1, 0.15) is 18.9 Å². The van der Waals surface area contributed by atoms with Crippen LogP contribution in [0.4, 0.5) is 0 Å². The standard InChI is InChI=1S/C15H16Cl2N2O/c1-2-12(18)5-10-6-13(9-19-8-10)20-15-7-11(16)3-4-14(15)17/h3-4,6-9,12H,2,5,18H2,1H3. The van der Waals surface area contributed by atoms with Crippen LogP contribution in [0.25, 0.3) is 0 Å². The van der Waals surface area contributed by atoms with Gasteiger partial charge >= 0.3 is 0 Å². The molecule has 5 heteroatoms. The van der Waals surface area contributed by atoms with E-state index in [1.54, 1.807) is 30.6 Å². The molecule has 0 saturated carbocycles. The molecule has 1 heterocycles. The third-order valence-electron chi connectivity index (χ3n) is 2.91. The number of nitrogens with zero attached hydrogens (tertiary/aromatic N) is 1. The first-order valence-electron chi connectivity index (χ1n) is 6.41. The maximum absolute atomic E-state index is 6.07. The Morgan fingerprint density at radius 2 is 2.05 bits per heavy atom. The van der Waals surface area contributed by atoms with E-state index in [0.29, 0.717) is 21.5 Å². The molecule has 0 aliphatic rings. The van der Waals surface area contributed by atoms with E-state index in [4.69, 9.17) is 33.7 Å². The van der Waals surface area contributed by atoms with Crippen molar-refractivity contribution in [2.45, 2.75) is 25.8 Å². The maximum atomic E-state index is 6.07. The molecule has 2 rings (SSSR count). The summed E-state index contributed by atoms with van der Waals surface area (Å²) in [5.41, 5.74) is 6.98. The summed E-state index contributed by atoms with van der Waals surface area (Å²) in [6.45, 7) is 2.06. The van der Waals surface area contributed by atoms with E-state index >= 15 is 0 Å². The number of halogens is 2. The quantitative estimate of drug-likeness (QED) is 0.887. The number of rotatable bonds is 5. The van der Waals surface area contributed by atoms with Gasteiger partial charge in [0.25, 0.3) is 0 Å². The molecule has 1 aromatic carbocycles. The smallest absolute Gasteiger partial charge is 0.147 e. The number of pyridine rings is 1. The van der Waals surface area contributed by atoms with Gasteiger partial charge in [-0.2, -0.15) is 0 Å². The Labute approximate surface area is 128 Å². The van der Waals surface area contributed by atoms with Crippen molar-refractivity contribution in [3.8, 4) is 11.5 Å². The van der Waals surface area contributed by atoms with Crippen LogP contribution in [0, 0.1) is 0 Å². The summed E-state index contributed by atoms with van der Waals surface area (Å²) in [5.74, 6) is 1.13. The minimum absolute atomic E-state index is 0.127. The van der Waals surface area contributed by atoms with Gasteiger partial charge in [-0.1, -0.05) is 30.1 Å². The Morgan fingerprint density at radius 3 is 2.80 bits per heavy atom. The highest BCUT2D eigenvalue weighted by molar-refractivity contribution is 6.34. The van der Waals surface area contributed by atoms with Crippen LogP contribution in [-0.4, -0.2) is 11.0 Å². The molecule has 1 atom stereocenters. The molecule has 0 bridgehead atoms. The molecule has 0 aliphatic carbocycles. The van der Waals surface area contributed by atoms with Crippen molar-refractivity contribution in [2.75, 3.05) is 0 Å². The summed E-state index contributed by atoms with van der Waals surface area (Å²) < 4.78 is 5.73. The van der Waals surface area contributed by atoms with Gasteiger partial charge in [0.1, 0.15) is 11.5 Å². The van der Waals surface area contributed by atoms with Crippen LogP contribution in [0.3, 0.4) is 0 Å². The van der Waals surface area contributed by atoms with E-state index in [9.17, 15) is 0 Å². The molecule has 0 spiro atoms. The van der Waals surface area contributed by atoms with Crippen LogP contribution >= 0.6 is 23.2 Å². The third kappa shape index (κ3) is 4.10. The highest BCUT2D eigenvalue weighted by atomic mass is 35.5. The molecule has 0 saturated heterocycles. The minimum atomic E-state index is 0.127. The van der Waals surface area contributed by atoms with Crippen molar-refractivity contribution in [1.29, 1.82) is 0 Å². The number of ether oxygens (including phenoxy) is 1. The Balaban J connectivity index is 2.17. The van der Waals surface area contributed by atoms with E-state index in [-0.39, 0.29) is 6.04 Å². The lowest BCUT2D eigenvalue weighted by atomic mass is 10.1. The summed E-state index contributed by atoms with van der Waals surface area (Å²) in [6, 6.07) is 7.13. The molecular formula is C15H16Cl2N2O. The van der Waals surface area contributed by atoms with Gasteiger partial charge in [0.2, 0.25) is 0 Å². The molecule has 1 unspecified atom stereocenters. The lowest BCUT2D eigenvalue weighted by Gasteiger charge is -2.11. The van der Waals surface area contributed by atoms with Crippen molar-refractivity contribution in [1.82, 2.24) is 4.98 Å². The normalized spacial score (nSPS) is 12.2. The van der Waals surface area contributed by atoms with Gasteiger partial charge in [-0.25, -0.2) is 0 Å². The van der Waals surface area contributed by atoms with Crippen molar-refractivity contribution in [2.24, 2.45) is 5.73 Å². The fraction of sp³-hybridized carbons (Fsp3) is 0.267. The largest absolute Gasteiger partial charge is 0.454 e.